The summed E-state index contributed by atoms with van der Waals surface area (Å²) in [6, 6.07) is 20.7. The van der Waals surface area contributed by atoms with E-state index in [0.29, 0.717) is 29.5 Å². The van der Waals surface area contributed by atoms with Crippen LogP contribution in [0.4, 0.5) is 32.3 Å². The van der Waals surface area contributed by atoms with Gasteiger partial charge in [-0.3, -0.25) is 0 Å². The Kier molecular flexibility index (Phi) is 11.2. The molecule has 11 heteroatoms. The Balaban J connectivity index is 1.32. The number of likely N-dealkylation sites (tertiary alicyclic amines) is 1. The van der Waals surface area contributed by atoms with E-state index >= 15 is 0 Å². The van der Waals surface area contributed by atoms with Gasteiger partial charge in [-0.25, -0.2) is 19.1 Å². The van der Waals surface area contributed by atoms with Crippen molar-refractivity contribution in [2.24, 2.45) is 0 Å². The zero-order valence-corrected chi connectivity index (χ0v) is 26.4. The van der Waals surface area contributed by atoms with E-state index in [4.69, 9.17) is 18.9 Å². The van der Waals surface area contributed by atoms with Crippen LogP contribution in [0, 0.1) is 5.82 Å². The van der Waals surface area contributed by atoms with Crippen LogP contribution in [-0.4, -0.2) is 61.4 Å². The van der Waals surface area contributed by atoms with Crippen molar-refractivity contribution >= 4 is 29.2 Å². The molecule has 1 aliphatic rings. The Morgan fingerprint density at radius 2 is 1.78 bits per heavy atom. The lowest BCUT2D eigenvalue weighted by atomic mass is 10.1. The molecule has 0 spiro atoms. The number of hydrogen-bond donors (Lipinski definition) is 1. The number of methoxy groups -OCH3 is 2. The number of piperidine rings is 1. The summed E-state index contributed by atoms with van der Waals surface area (Å²) in [7, 11) is 3.04. The molecule has 46 heavy (non-hydrogen) atoms. The first-order valence-corrected chi connectivity index (χ1v) is 15.5. The highest BCUT2D eigenvalue weighted by Crippen LogP contribution is 2.37. The molecule has 1 amide bonds. The second-order valence-electron chi connectivity index (χ2n) is 10.9. The number of benzene rings is 3. The molecule has 0 radical (unpaired) electrons. The van der Waals surface area contributed by atoms with E-state index in [0.717, 1.165) is 31.6 Å². The van der Waals surface area contributed by atoms with Crippen LogP contribution in [0.2, 0.25) is 0 Å². The smallest absolute Gasteiger partial charge is 0.420 e. The summed E-state index contributed by atoms with van der Waals surface area (Å²) in [6.07, 6.45) is 4.87. The van der Waals surface area contributed by atoms with Crippen LogP contribution in [0.3, 0.4) is 0 Å². The highest BCUT2D eigenvalue weighted by molar-refractivity contribution is 5.97. The average molecular weight is 630 g/mol. The Bertz CT molecular complexity index is 1590. The fraction of sp³-hybridized carbons (Fsp3) is 0.343. The standard InChI is InChI=1S/C35H40FN5O5/c1-25(26-11-6-4-7-12-26)46-35(42)41(30-15-14-28(43-2)24-32(30)44-3)33-17-18-37-34(39-33)38-27-13-16-31(29(36)23-27)45-22-10-21-40-19-8-5-9-20-40/h4,6-7,11-18,23-25H,5,8-10,19-22H2,1-3H3,(H,37,38,39)/t25-/m0/s1. The Hall–Kier alpha value is -4.90. The maximum Gasteiger partial charge on any atom is 0.420 e. The molecule has 4 aromatic rings. The number of carbonyl (C=O) groups excluding carboxylic acids is 1. The molecule has 1 fully saturated rings. The Labute approximate surface area is 269 Å². The molecule has 2 heterocycles. The summed E-state index contributed by atoms with van der Waals surface area (Å²) >= 11 is 0. The molecule has 1 saturated heterocycles. The number of aromatic nitrogens is 2. The monoisotopic (exact) mass is 629 g/mol. The largest absolute Gasteiger partial charge is 0.497 e. The first-order valence-electron chi connectivity index (χ1n) is 15.5. The van der Waals surface area contributed by atoms with Gasteiger partial charge < -0.3 is 29.2 Å². The summed E-state index contributed by atoms with van der Waals surface area (Å²) in [4.78, 5) is 26.4. The first-order chi connectivity index (χ1) is 22.4. The third kappa shape index (κ3) is 8.42. The zero-order chi connectivity index (χ0) is 32.3. The van der Waals surface area contributed by atoms with E-state index < -0.39 is 18.0 Å². The number of ether oxygens (including phenoxy) is 4. The van der Waals surface area contributed by atoms with Crippen LogP contribution < -0.4 is 24.4 Å². The number of halogens is 1. The van der Waals surface area contributed by atoms with Crippen molar-refractivity contribution in [2.75, 3.05) is 50.7 Å². The summed E-state index contributed by atoms with van der Waals surface area (Å²) in [5.74, 6) is 0.960. The van der Waals surface area contributed by atoms with Crippen LogP contribution in [0.25, 0.3) is 0 Å². The number of hydrogen-bond acceptors (Lipinski definition) is 9. The molecule has 1 atom stereocenters. The predicted molar refractivity (Wildman–Crippen MR) is 175 cm³/mol. The molecule has 0 bridgehead atoms. The minimum Gasteiger partial charge on any atom is -0.497 e. The number of nitrogens with zero attached hydrogens (tertiary/aromatic N) is 4. The Morgan fingerprint density at radius 1 is 0.978 bits per heavy atom. The van der Waals surface area contributed by atoms with Gasteiger partial charge in [0.25, 0.3) is 0 Å². The molecule has 0 saturated carbocycles. The highest BCUT2D eigenvalue weighted by Gasteiger charge is 2.27. The van der Waals surface area contributed by atoms with Crippen molar-refractivity contribution in [3.05, 3.63) is 90.4 Å². The molecular weight excluding hydrogens is 589 g/mol. The van der Waals surface area contributed by atoms with Crippen molar-refractivity contribution < 1.29 is 28.1 Å². The maximum absolute atomic E-state index is 15.0. The number of carbonyl (C=O) groups is 1. The summed E-state index contributed by atoms with van der Waals surface area (Å²) in [6.45, 7) is 5.43. The van der Waals surface area contributed by atoms with Crippen molar-refractivity contribution in [2.45, 2.75) is 38.7 Å². The number of rotatable bonds is 13. The summed E-state index contributed by atoms with van der Waals surface area (Å²) in [5.41, 5.74) is 1.63. The quantitative estimate of drug-likeness (QED) is 0.149. The van der Waals surface area contributed by atoms with Gasteiger partial charge in [0.15, 0.2) is 11.6 Å². The zero-order valence-electron chi connectivity index (χ0n) is 26.4. The topological polar surface area (TPSA) is 98.3 Å². The van der Waals surface area contributed by atoms with Crippen LogP contribution in [0.1, 0.15) is 44.3 Å². The van der Waals surface area contributed by atoms with E-state index in [-0.39, 0.29) is 17.5 Å². The van der Waals surface area contributed by atoms with Crippen molar-refractivity contribution in [3.8, 4) is 17.2 Å². The fourth-order valence-electron chi connectivity index (χ4n) is 5.29. The number of amides is 1. The lowest BCUT2D eigenvalue weighted by Crippen LogP contribution is -2.31. The number of nitrogens with one attached hydrogen (secondary N) is 1. The molecule has 0 unspecified atom stereocenters. The molecule has 5 rings (SSSR count). The van der Waals surface area contributed by atoms with Gasteiger partial charge in [0.1, 0.15) is 23.4 Å². The molecule has 10 nitrogen and oxygen atoms in total. The van der Waals surface area contributed by atoms with Gasteiger partial charge in [0.05, 0.1) is 26.5 Å². The van der Waals surface area contributed by atoms with Gasteiger partial charge in [-0.05, 0) is 69.1 Å². The van der Waals surface area contributed by atoms with E-state index in [1.165, 1.54) is 43.5 Å². The van der Waals surface area contributed by atoms with E-state index in [2.05, 4.69) is 20.2 Å². The molecular formula is C35H40FN5O5. The predicted octanol–water partition coefficient (Wildman–Crippen LogP) is 7.67. The van der Waals surface area contributed by atoms with Gasteiger partial charge >= 0.3 is 6.09 Å². The molecule has 3 aromatic carbocycles. The van der Waals surface area contributed by atoms with Crippen LogP contribution >= 0.6 is 0 Å². The van der Waals surface area contributed by atoms with Gasteiger partial charge in [-0.2, -0.15) is 4.98 Å². The second kappa shape index (κ2) is 15.9. The van der Waals surface area contributed by atoms with Gasteiger partial charge in [-0.15, -0.1) is 0 Å². The third-order valence-electron chi connectivity index (χ3n) is 7.74. The molecule has 1 aromatic heterocycles. The van der Waals surface area contributed by atoms with Crippen molar-refractivity contribution in [3.63, 3.8) is 0 Å². The van der Waals surface area contributed by atoms with Crippen LogP contribution in [0.5, 0.6) is 17.2 Å². The first kappa shape index (κ1) is 32.5. The van der Waals surface area contributed by atoms with Crippen LogP contribution in [-0.2, 0) is 4.74 Å². The fourth-order valence-corrected chi connectivity index (χ4v) is 5.29. The average Bonchev–Trinajstić information content (AvgIpc) is 3.08. The Morgan fingerprint density at radius 3 is 2.52 bits per heavy atom. The van der Waals surface area contributed by atoms with Crippen molar-refractivity contribution in [1.29, 1.82) is 0 Å². The van der Waals surface area contributed by atoms with Gasteiger partial charge in [-0.1, -0.05) is 36.8 Å². The number of anilines is 4. The van der Waals surface area contributed by atoms with E-state index in [9.17, 15) is 9.18 Å². The normalized spacial score (nSPS) is 13.8. The SMILES string of the molecule is COc1ccc(N(C(=O)O[C@@H](C)c2ccccc2)c2ccnc(Nc3ccc(OCCCN4CCCCC4)c(F)c3)n2)c(OC)c1. The second-order valence-corrected chi connectivity index (χ2v) is 10.9. The van der Waals surface area contributed by atoms with Crippen LogP contribution in [0.15, 0.2) is 79.0 Å². The lowest BCUT2D eigenvalue weighted by Gasteiger charge is -2.26. The summed E-state index contributed by atoms with van der Waals surface area (Å²) in [5, 5.41) is 3.03. The van der Waals surface area contributed by atoms with E-state index in [1.54, 1.807) is 50.4 Å². The van der Waals surface area contributed by atoms with Crippen molar-refractivity contribution in [1.82, 2.24) is 14.9 Å². The molecule has 242 valence electrons. The molecule has 1 aliphatic heterocycles. The van der Waals surface area contributed by atoms with E-state index in [1.807, 2.05) is 30.3 Å². The minimum absolute atomic E-state index is 0.147. The maximum atomic E-state index is 15.0. The molecule has 1 N–H and O–H groups in total. The third-order valence-corrected chi connectivity index (χ3v) is 7.74. The minimum atomic E-state index is -0.683. The van der Waals surface area contributed by atoms with Gasteiger partial charge in [0.2, 0.25) is 5.95 Å². The lowest BCUT2D eigenvalue weighted by molar-refractivity contribution is 0.116. The molecule has 0 aliphatic carbocycles. The summed E-state index contributed by atoms with van der Waals surface area (Å²) < 4.78 is 37.5. The van der Waals surface area contributed by atoms with Gasteiger partial charge in [0, 0.05) is 36.6 Å². The highest BCUT2D eigenvalue weighted by atomic mass is 19.1.